The Morgan fingerprint density at radius 2 is 1.67 bits per heavy atom. The van der Waals surface area contributed by atoms with E-state index in [1.165, 1.54) is 0 Å². The number of aliphatic imine (C=N–C) groups is 1. The third-order valence-electron chi connectivity index (χ3n) is 3.51. The lowest BCUT2D eigenvalue weighted by molar-refractivity contribution is -0.130. The van der Waals surface area contributed by atoms with Gasteiger partial charge in [0.15, 0.2) is 5.96 Å². The third kappa shape index (κ3) is 10.8. The molecule has 0 spiro atoms. The van der Waals surface area contributed by atoms with Crippen molar-refractivity contribution in [1.29, 1.82) is 0 Å². The van der Waals surface area contributed by atoms with Gasteiger partial charge in [0.2, 0.25) is 11.8 Å². The fraction of sp³-hybridized carbons (Fsp3) is 0.526. The number of halogens is 1. The Kier molecular flexibility index (Phi) is 11.7. The zero-order chi connectivity index (χ0) is 19.6. The van der Waals surface area contributed by atoms with Gasteiger partial charge in [0.05, 0.1) is 13.1 Å². The molecule has 0 radical (unpaired) electrons. The minimum absolute atomic E-state index is 0. The van der Waals surface area contributed by atoms with Crippen molar-refractivity contribution >= 4 is 41.8 Å². The predicted octanol–water partition coefficient (Wildman–Crippen LogP) is 1.73. The summed E-state index contributed by atoms with van der Waals surface area (Å²) in [7, 11) is 1.60. The minimum atomic E-state index is -0.287. The maximum atomic E-state index is 12.4. The van der Waals surface area contributed by atoms with Crippen LogP contribution in [0.4, 0.5) is 0 Å². The van der Waals surface area contributed by atoms with Crippen molar-refractivity contribution in [3.8, 4) is 0 Å². The van der Waals surface area contributed by atoms with Crippen LogP contribution in [0.15, 0.2) is 35.3 Å². The molecule has 0 saturated heterocycles. The molecule has 7 nitrogen and oxygen atoms in total. The van der Waals surface area contributed by atoms with Crippen LogP contribution in [-0.4, -0.2) is 54.9 Å². The maximum Gasteiger partial charge on any atom is 0.242 e. The van der Waals surface area contributed by atoms with Crippen LogP contribution in [0.2, 0.25) is 0 Å². The largest absolute Gasteiger partial charge is 0.350 e. The summed E-state index contributed by atoms with van der Waals surface area (Å²) >= 11 is 0. The summed E-state index contributed by atoms with van der Waals surface area (Å²) in [5, 5.41) is 8.72. The summed E-state index contributed by atoms with van der Waals surface area (Å²) in [4.78, 5) is 30.1. The van der Waals surface area contributed by atoms with Crippen LogP contribution < -0.4 is 16.0 Å². The molecule has 0 aliphatic heterocycles. The van der Waals surface area contributed by atoms with Crippen molar-refractivity contribution in [3.05, 3.63) is 35.9 Å². The highest BCUT2D eigenvalue weighted by Gasteiger charge is 2.15. The number of rotatable bonds is 7. The van der Waals surface area contributed by atoms with Crippen molar-refractivity contribution in [2.75, 3.05) is 26.7 Å². The molecule has 1 rings (SSSR count). The maximum absolute atomic E-state index is 12.4. The van der Waals surface area contributed by atoms with Crippen LogP contribution >= 0.6 is 24.0 Å². The van der Waals surface area contributed by atoms with Gasteiger partial charge in [0.25, 0.3) is 0 Å². The first kappa shape index (κ1) is 25.2. The summed E-state index contributed by atoms with van der Waals surface area (Å²) in [6.07, 6.45) is 0. The molecule has 0 unspecified atom stereocenters. The molecule has 0 aliphatic carbocycles. The second kappa shape index (κ2) is 12.5. The van der Waals surface area contributed by atoms with E-state index in [2.05, 4.69) is 20.9 Å². The Balaban J connectivity index is 0.00000676. The van der Waals surface area contributed by atoms with Crippen LogP contribution in [0.3, 0.4) is 0 Å². The lowest BCUT2D eigenvalue weighted by atomic mass is 10.1. The predicted molar refractivity (Wildman–Crippen MR) is 120 cm³/mol. The second-order valence-corrected chi connectivity index (χ2v) is 6.97. The van der Waals surface area contributed by atoms with E-state index in [0.717, 1.165) is 5.56 Å². The molecule has 152 valence electrons. The highest BCUT2D eigenvalue weighted by atomic mass is 127. The minimum Gasteiger partial charge on any atom is -0.350 e. The number of nitrogens with one attached hydrogen (secondary N) is 3. The molecule has 0 atom stereocenters. The molecule has 27 heavy (non-hydrogen) atoms. The van der Waals surface area contributed by atoms with Gasteiger partial charge in [-0.05, 0) is 33.3 Å². The number of carbonyl (C=O) groups is 2. The quantitative estimate of drug-likeness (QED) is 0.310. The topological polar surface area (TPSA) is 85.8 Å². The molecule has 2 amide bonds. The van der Waals surface area contributed by atoms with Gasteiger partial charge in [-0.2, -0.15) is 0 Å². The van der Waals surface area contributed by atoms with Crippen LogP contribution in [0.25, 0.3) is 0 Å². The number of benzene rings is 1. The van der Waals surface area contributed by atoms with Crippen LogP contribution in [0.5, 0.6) is 0 Å². The summed E-state index contributed by atoms with van der Waals surface area (Å²) in [6, 6.07) is 9.87. The van der Waals surface area contributed by atoms with Gasteiger partial charge in [0.1, 0.15) is 0 Å². The Labute approximate surface area is 179 Å². The fourth-order valence-corrected chi connectivity index (χ4v) is 2.30. The first-order valence-corrected chi connectivity index (χ1v) is 8.82. The summed E-state index contributed by atoms with van der Waals surface area (Å²) in [5.41, 5.74) is 0.800. The molecule has 1 aromatic carbocycles. The molecule has 0 saturated carbocycles. The molecule has 0 fully saturated rings. The number of amides is 2. The number of nitrogens with zero attached hydrogens (tertiary/aromatic N) is 2. The van der Waals surface area contributed by atoms with Gasteiger partial charge >= 0.3 is 0 Å². The van der Waals surface area contributed by atoms with Crippen LogP contribution in [-0.2, 0) is 16.1 Å². The van der Waals surface area contributed by atoms with E-state index in [1.54, 1.807) is 11.9 Å². The number of hydrogen-bond donors (Lipinski definition) is 3. The van der Waals surface area contributed by atoms with E-state index < -0.39 is 0 Å². The monoisotopic (exact) mass is 489 g/mol. The van der Waals surface area contributed by atoms with Crippen molar-refractivity contribution in [2.45, 2.75) is 39.8 Å². The van der Waals surface area contributed by atoms with Crippen LogP contribution in [0.1, 0.15) is 33.3 Å². The lowest BCUT2D eigenvalue weighted by Gasteiger charge is -2.22. The molecule has 0 heterocycles. The number of likely N-dealkylation sites (N-methyl/N-ethyl adjacent to an activating group) is 1. The molecule has 0 aromatic heterocycles. The molecule has 1 aromatic rings. The number of guanidine groups is 1. The van der Waals surface area contributed by atoms with E-state index in [9.17, 15) is 9.59 Å². The van der Waals surface area contributed by atoms with Gasteiger partial charge < -0.3 is 20.9 Å². The molecular formula is C19H32IN5O2. The number of hydrogen-bond acceptors (Lipinski definition) is 3. The van der Waals surface area contributed by atoms with Gasteiger partial charge in [-0.3, -0.25) is 14.6 Å². The fourth-order valence-electron chi connectivity index (χ4n) is 2.30. The molecule has 8 heteroatoms. The normalized spacial score (nSPS) is 11.2. The van der Waals surface area contributed by atoms with E-state index in [4.69, 9.17) is 0 Å². The van der Waals surface area contributed by atoms with Crippen molar-refractivity contribution in [2.24, 2.45) is 4.99 Å². The standard InChI is InChI=1S/C19H31N5O2.HI/c1-6-24(14-15-10-8-7-9-11-15)17(26)13-22-18(20-5)21-12-16(25)23-19(2,3)4;/h7-11H,6,12-14H2,1-5H3,(H,23,25)(H2,20,21,22);1H. The zero-order valence-corrected chi connectivity index (χ0v) is 19.2. The number of carbonyl (C=O) groups excluding carboxylic acids is 2. The van der Waals surface area contributed by atoms with Gasteiger partial charge in [-0.1, -0.05) is 30.3 Å². The highest BCUT2D eigenvalue weighted by molar-refractivity contribution is 14.0. The third-order valence-corrected chi connectivity index (χ3v) is 3.51. The smallest absolute Gasteiger partial charge is 0.242 e. The van der Waals surface area contributed by atoms with E-state index in [0.29, 0.717) is 19.0 Å². The van der Waals surface area contributed by atoms with Gasteiger partial charge in [0, 0.05) is 25.7 Å². The Hall–Kier alpha value is -1.84. The van der Waals surface area contributed by atoms with Gasteiger partial charge in [-0.15, -0.1) is 24.0 Å². The first-order chi connectivity index (χ1) is 12.2. The highest BCUT2D eigenvalue weighted by Crippen LogP contribution is 2.04. The summed E-state index contributed by atoms with van der Waals surface area (Å²) < 4.78 is 0. The zero-order valence-electron chi connectivity index (χ0n) is 16.8. The summed E-state index contributed by atoms with van der Waals surface area (Å²) in [6.45, 7) is 9.10. The second-order valence-electron chi connectivity index (χ2n) is 6.97. The Bertz CT molecular complexity index is 614. The van der Waals surface area contributed by atoms with E-state index in [-0.39, 0.29) is 54.4 Å². The molecule has 0 aliphatic rings. The Morgan fingerprint density at radius 1 is 1.07 bits per heavy atom. The lowest BCUT2D eigenvalue weighted by Crippen LogP contribution is -2.49. The Morgan fingerprint density at radius 3 is 2.19 bits per heavy atom. The molecular weight excluding hydrogens is 457 g/mol. The van der Waals surface area contributed by atoms with Crippen molar-refractivity contribution < 1.29 is 9.59 Å². The van der Waals surface area contributed by atoms with E-state index >= 15 is 0 Å². The van der Waals surface area contributed by atoms with Crippen molar-refractivity contribution in [3.63, 3.8) is 0 Å². The molecule has 0 bridgehead atoms. The average molecular weight is 489 g/mol. The first-order valence-electron chi connectivity index (χ1n) is 8.82. The average Bonchev–Trinajstić information content (AvgIpc) is 2.59. The van der Waals surface area contributed by atoms with Crippen LogP contribution in [0, 0.1) is 0 Å². The van der Waals surface area contributed by atoms with Crippen molar-refractivity contribution in [1.82, 2.24) is 20.9 Å². The van der Waals surface area contributed by atoms with E-state index in [1.807, 2.05) is 58.0 Å². The summed E-state index contributed by atoms with van der Waals surface area (Å²) in [5.74, 6) is 0.252. The van der Waals surface area contributed by atoms with Gasteiger partial charge in [-0.25, -0.2) is 0 Å². The molecule has 3 N–H and O–H groups in total. The SMILES string of the molecule is CCN(Cc1ccccc1)C(=O)CNC(=NC)NCC(=O)NC(C)(C)C.I.